The molecule has 0 saturated carbocycles. The average molecular weight is 188 g/mol. The predicted molar refractivity (Wildman–Crippen MR) is 57.7 cm³/mol. The third kappa shape index (κ3) is 9.76. The SMILES string of the molecule is CCN(C)CCNNCCN(C)C. The molecule has 0 saturated heterocycles. The summed E-state index contributed by atoms with van der Waals surface area (Å²) in [5.74, 6) is 0. The van der Waals surface area contributed by atoms with Crippen molar-refractivity contribution in [3.8, 4) is 0 Å². The molecule has 0 aliphatic rings. The molecule has 0 spiro atoms. The minimum absolute atomic E-state index is 0.989. The largest absolute Gasteiger partial charge is 0.308 e. The second-order valence-corrected chi connectivity index (χ2v) is 3.55. The van der Waals surface area contributed by atoms with Gasteiger partial charge in [-0.15, -0.1) is 0 Å². The molecule has 0 radical (unpaired) electrons. The second-order valence-electron chi connectivity index (χ2n) is 3.55. The van der Waals surface area contributed by atoms with Crippen LogP contribution >= 0.6 is 0 Å². The molecule has 13 heavy (non-hydrogen) atoms. The number of nitrogens with zero attached hydrogens (tertiary/aromatic N) is 2. The summed E-state index contributed by atoms with van der Waals surface area (Å²) < 4.78 is 0. The van der Waals surface area contributed by atoms with E-state index in [0.29, 0.717) is 0 Å². The van der Waals surface area contributed by atoms with Gasteiger partial charge >= 0.3 is 0 Å². The maximum absolute atomic E-state index is 3.19. The zero-order valence-corrected chi connectivity index (χ0v) is 9.43. The van der Waals surface area contributed by atoms with Crippen LogP contribution in [0.1, 0.15) is 6.92 Å². The van der Waals surface area contributed by atoms with Gasteiger partial charge in [0.2, 0.25) is 0 Å². The first-order valence-electron chi connectivity index (χ1n) is 4.95. The van der Waals surface area contributed by atoms with Crippen molar-refractivity contribution in [1.82, 2.24) is 20.7 Å². The van der Waals surface area contributed by atoms with Gasteiger partial charge in [-0.05, 0) is 27.7 Å². The predicted octanol–water partition coefficient (Wildman–Crippen LogP) is -0.406. The van der Waals surface area contributed by atoms with Crippen molar-refractivity contribution in [3.63, 3.8) is 0 Å². The zero-order chi connectivity index (χ0) is 10.1. The lowest BCUT2D eigenvalue weighted by atomic mass is 10.5. The van der Waals surface area contributed by atoms with Crippen LogP contribution in [0.15, 0.2) is 0 Å². The van der Waals surface area contributed by atoms with E-state index in [4.69, 9.17) is 0 Å². The van der Waals surface area contributed by atoms with E-state index in [2.05, 4.69) is 48.7 Å². The summed E-state index contributed by atoms with van der Waals surface area (Å²) >= 11 is 0. The van der Waals surface area contributed by atoms with Crippen LogP contribution in [0.3, 0.4) is 0 Å². The molecule has 0 aromatic rings. The molecule has 2 N–H and O–H groups in total. The van der Waals surface area contributed by atoms with E-state index in [9.17, 15) is 0 Å². The molecule has 4 nitrogen and oxygen atoms in total. The van der Waals surface area contributed by atoms with Gasteiger partial charge in [0.05, 0.1) is 0 Å². The molecule has 0 aromatic carbocycles. The minimum Gasteiger partial charge on any atom is -0.308 e. The third-order valence-corrected chi connectivity index (χ3v) is 1.97. The molecule has 0 aliphatic heterocycles. The van der Waals surface area contributed by atoms with Gasteiger partial charge in [0.25, 0.3) is 0 Å². The fourth-order valence-electron chi connectivity index (χ4n) is 0.861. The summed E-state index contributed by atoms with van der Waals surface area (Å²) in [5.41, 5.74) is 6.37. The highest BCUT2D eigenvalue weighted by Gasteiger charge is 1.92. The van der Waals surface area contributed by atoms with Crippen LogP contribution in [0.2, 0.25) is 0 Å². The summed E-state index contributed by atoms with van der Waals surface area (Å²) in [6.45, 7) is 7.42. The van der Waals surface area contributed by atoms with Gasteiger partial charge in [0.15, 0.2) is 0 Å². The lowest BCUT2D eigenvalue weighted by molar-refractivity contribution is 0.330. The van der Waals surface area contributed by atoms with Crippen LogP contribution in [-0.2, 0) is 0 Å². The van der Waals surface area contributed by atoms with Crippen molar-refractivity contribution >= 4 is 0 Å². The maximum Gasteiger partial charge on any atom is 0.0228 e. The summed E-state index contributed by atoms with van der Waals surface area (Å²) in [6.07, 6.45) is 0. The number of likely N-dealkylation sites (N-methyl/N-ethyl adjacent to an activating group) is 2. The number of hydrogen-bond donors (Lipinski definition) is 2. The Kier molecular flexibility index (Phi) is 8.33. The van der Waals surface area contributed by atoms with Gasteiger partial charge in [-0.3, -0.25) is 10.9 Å². The smallest absolute Gasteiger partial charge is 0.0228 e. The quantitative estimate of drug-likeness (QED) is 0.401. The first-order chi connectivity index (χ1) is 6.16. The normalized spacial score (nSPS) is 11.5. The van der Waals surface area contributed by atoms with Gasteiger partial charge < -0.3 is 9.80 Å². The summed E-state index contributed by atoms with van der Waals surface area (Å²) in [6, 6.07) is 0. The van der Waals surface area contributed by atoms with Crippen molar-refractivity contribution < 1.29 is 0 Å². The molecule has 0 fully saturated rings. The highest BCUT2D eigenvalue weighted by Crippen LogP contribution is 1.76. The lowest BCUT2D eigenvalue weighted by Crippen LogP contribution is -2.40. The Labute approximate surface area is 82.2 Å². The minimum atomic E-state index is 0.989. The summed E-state index contributed by atoms with van der Waals surface area (Å²) in [4.78, 5) is 4.44. The van der Waals surface area contributed by atoms with Gasteiger partial charge in [-0.2, -0.15) is 0 Å². The first kappa shape index (κ1) is 12.8. The number of nitrogens with one attached hydrogen (secondary N) is 2. The Morgan fingerprint density at radius 3 is 1.92 bits per heavy atom. The van der Waals surface area contributed by atoms with Gasteiger partial charge in [-0.25, -0.2) is 0 Å². The van der Waals surface area contributed by atoms with Crippen LogP contribution in [0.4, 0.5) is 0 Å². The van der Waals surface area contributed by atoms with Gasteiger partial charge in [0, 0.05) is 26.2 Å². The molecule has 0 bridgehead atoms. The molecule has 80 valence electrons. The number of rotatable bonds is 8. The molecule has 0 amide bonds. The van der Waals surface area contributed by atoms with Crippen LogP contribution in [0, 0.1) is 0 Å². The molecular weight excluding hydrogens is 164 g/mol. The Balaban J connectivity index is 2.99. The van der Waals surface area contributed by atoms with Crippen molar-refractivity contribution in [2.75, 3.05) is 53.9 Å². The van der Waals surface area contributed by atoms with E-state index < -0.39 is 0 Å². The van der Waals surface area contributed by atoms with E-state index in [0.717, 1.165) is 32.7 Å². The monoisotopic (exact) mass is 188 g/mol. The highest BCUT2D eigenvalue weighted by molar-refractivity contribution is 4.51. The van der Waals surface area contributed by atoms with E-state index in [1.165, 1.54) is 0 Å². The van der Waals surface area contributed by atoms with E-state index in [-0.39, 0.29) is 0 Å². The summed E-state index contributed by atoms with van der Waals surface area (Å²) in [7, 11) is 6.28. The molecule has 4 heteroatoms. The third-order valence-electron chi connectivity index (χ3n) is 1.97. The molecular formula is C9H24N4. The van der Waals surface area contributed by atoms with Crippen molar-refractivity contribution in [2.24, 2.45) is 0 Å². The van der Waals surface area contributed by atoms with E-state index >= 15 is 0 Å². The zero-order valence-electron chi connectivity index (χ0n) is 9.43. The molecule has 0 aliphatic carbocycles. The van der Waals surface area contributed by atoms with Crippen molar-refractivity contribution in [2.45, 2.75) is 6.92 Å². The molecule has 0 unspecified atom stereocenters. The fourth-order valence-corrected chi connectivity index (χ4v) is 0.861. The number of hydrogen-bond acceptors (Lipinski definition) is 4. The fraction of sp³-hybridized carbons (Fsp3) is 1.00. The number of hydrazine groups is 1. The first-order valence-corrected chi connectivity index (χ1v) is 4.95. The van der Waals surface area contributed by atoms with Crippen LogP contribution in [-0.4, -0.2) is 63.7 Å². The van der Waals surface area contributed by atoms with E-state index in [1.807, 2.05) is 0 Å². The Morgan fingerprint density at radius 2 is 1.46 bits per heavy atom. The van der Waals surface area contributed by atoms with Gasteiger partial charge in [-0.1, -0.05) is 6.92 Å². The molecule has 0 aromatic heterocycles. The average Bonchev–Trinajstić information content (AvgIpc) is 2.10. The molecule has 0 rings (SSSR count). The Bertz CT molecular complexity index is 106. The molecule has 0 heterocycles. The molecule has 0 atom stereocenters. The van der Waals surface area contributed by atoms with Crippen molar-refractivity contribution in [3.05, 3.63) is 0 Å². The van der Waals surface area contributed by atoms with E-state index in [1.54, 1.807) is 0 Å². The Hall–Kier alpha value is -0.160. The highest BCUT2D eigenvalue weighted by atomic mass is 15.4. The topological polar surface area (TPSA) is 30.5 Å². The second kappa shape index (κ2) is 8.44. The van der Waals surface area contributed by atoms with Crippen LogP contribution in [0.5, 0.6) is 0 Å². The van der Waals surface area contributed by atoms with Crippen molar-refractivity contribution in [1.29, 1.82) is 0 Å². The van der Waals surface area contributed by atoms with Gasteiger partial charge in [0.1, 0.15) is 0 Å². The Morgan fingerprint density at radius 1 is 0.923 bits per heavy atom. The van der Waals surface area contributed by atoms with Crippen LogP contribution < -0.4 is 10.9 Å². The standard InChI is InChI=1S/C9H24N4/c1-5-13(4)9-7-11-10-6-8-12(2)3/h10-11H,5-9H2,1-4H3. The lowest BCUT2D eigenvalue weighted by Gasteiger charge is -2.15. The van der Waals surface area contributed by atoms with Crippen LogP contribution in [0.25, 0.3) is 0 Å². The summed E-state index contributed by atoms with van der Waals surface area (Å²) in [5, 5.41) is 0. The maximum atomic E-state index is 3.19.